The van der Waals surface area contributed by atoms with Crippen molar-refractivity contribution in [3.8, 4) is 0 Å². The van der Waals surface area contributed by atoms with Crippen LogP contribution in [0.5, 0.6) is 0 Å². The van der Waals surface area contributed by atoms with Gasteiger partial charge in [0.05, 0.1) is 118 Å². The number of H-pyrrole nitrogens is 1. The number of aliphatic hydroxyl groups is 4. The molecular weight excluding hydrogens is 1880 g/mol. The molecule has 764 valence electrons. The number of hydrogen-bond acceptors (Lipinski definition) is 25. The van der Waals surface area contributed by atoms with Crippen LogP contribution in [0.15, 0.2) is 85.5 Å². The van der Waals surface area contributed by atoms with Crippen molar-refractivity contribution in [2.75, 3.05) is 33.0 Å². The molecule has 31 nitrogen and oxygen atoms in total. The van der Waals surface area contributed by atoms with E-state index in [-0.39, 0.29) is 70.3 Å². The number of aromatic amines is 1. The number of aromatic nitrogens is 10. The molecule has 0 unspecified atom stereocenters. The number of hydrogen-bond donors (Lipinski definition) is 11. The molecule has 5 saturated heterocycles. The molecule has 46 heteroatoms. The predicted octanol–water partition coefficient (Wildman–Crippen LogP) is 9.30. The molecule has 141 heavy (non-hydrogen) atoms. The molecule has 0 radical (unpaired) electrons. The molecule has 10 aliphatic heterocycles. The number of nitrogens with zero attached hydrogens (tertiary/aromatic N) is 14. The fraction of sp³-hybridized carbons (Fsp3) is 0.516. The Hall–Kier alpha value is -10.2. The van der Waals surface area contributed by atoms with Crippen LogP contribution in [-0.2, 0) is 115 Å². The minimum atomic E-state index is -1.25. The summed E-state index contributed by atoms with van der Waals surface area (Å²) in [6.45, 7) is 17.0. The largest absolute Gasteiger partial charge is 0.391 e. The first-order valence-electron chi connectivity index (χ1n) is 46.8. The highest BCUT2D eigenvalue weighted by atomic mass is 19.2. The average molecular weight is 2000 g/mol. The number of ether oxygens (including phenoxy) is 5. The Kier molecular flexibility index (Phi) is 32.5. The van der Waals surface area contributed by atoms with Crippen LogP contribution in [0.1, 0.15) is 198 Å². The summed E-state index contributed by atoms with van der Waals surface area (Å²) in [4.78, 5) is 22.3. The lowest BCUT2D eigenvalue weighted by atomic mass is 9.93. The molecular formula is C95H114F15N21O10. The van der Waals surface area contributed by atoms with Gasteiger partial charge in [-0.25, -0.2) is 65.9 Å². The normalized spacial score (nSPS) is 26.1. The maximum Gasteiger partial charge on any atom is 0.269 e. The van der Waals surface area contributed by atoms with Gasteiger partial charge in [-0.3, -0.25) is 53.1 Å². The van der Waals surface area contributed by atoms with E-state index in [0.29, 0.717) is 193 Å². The van der Waals surface area contributed by atoms with Crippen LogP contribution in [0, 0.1) is 87.3 Å². The van der Waals surface area contributed by atoms with Crippen LogP contribution in [0.4, 0.5) is 65.9 Å². The molecule has 0 bridgehead atoms. The first-order chi connectivity index (χ1) is 67.2. The van der Waals surface area contributed by atoms with Crippen LogP contribution in [-0.4, -0.2) is 218 Å². The topological polar surface area (TPSA) is 416 Å². The summed E-state index contributed by atoms with van der Waals surface area (Å²) in [7, 11) is 0. The van der Waals surface area contributed by atoms with Crippen molar-refractivity contribution in [2.45, 2.75) is 280 Å². The molecule has 0 aliphatic carbocycles. The number of rotatable bonds is 21. The zero-order valence-electron chi connectivity index (χ0n) is 77.6. The van der Waals surface area contributed by atoms with E-state index in [4.69, 9.17) is 58.1 Å². The van der Waals surface area contributed by atoms with E-state index < -0.39 is 178 Å². The summed E-state index contributed by atoms with van der Waals surface area (Å²) in [5, 5.41) is 63.3. The van der Waals surface area contributed by atoms with Gasteiger partial charge in [-0.15, -0.1) is 0 Å². The number of nitrogens with two attached hydrogens (primary N) is 6. The lowest BCUT2D eigenvalue weighted by Crippen LogP contribution is -2.48. The number of primary amides is 1. The van der Waals surface area contributed by atoms with E-state index in [1.165, 1.54) is 0 Å². The third-order valence-corrected chi connectivity index (χ3v) is 27.6. The second-order valence-corrected chi connectivity index (χ2v) is 38.0. The summed E-state index contributed by atoms with van der Waals surface area (Å²) < 4.78 is 240. The number of carbonyl (C=O) groups excluding carboxylic acids is 1. The number of amides is 1. The second kappa shape index (κ2) is 44.2. The highest BCUT2D eigenvalue weighted by Crippen LogP contribution is 2.43. The zero-order valence-corrected chi connectivity index (χ0v) is 77.6. The summed E-state index contributed by atoms with van der Waals surface area (Å²) in [6.07, 6.45) is 5.72. The van der Waals surface area contributed by atoms with Crippen LogP contribution in [0.3, 0.4) is 0 Å². The minimum absolute atomic E-state index is 0.0200. The van der Waals surface area contributed by atoms with E-state index in [1.807, 2.05) is 43.3 Å². The van der Waals surface area contributed by atoms with Crippen molar-refractivity contribution in [3.05, 3.63) is 263 Å². The van der Waals surface area contributed by atoms with E-state index in [0.717, 1.165) is 86.6 Å². The van der Waals surface area contributed by atoms with Gasteiger partial charge in [-0.2, -0.15) is 25.5 Å². The third-order valence-electron chi connectivity index (χ3n) is 27.6. The van der Waals surface area contributed by atoms with Gasteiger partial charge in [0.25, 0.3) is 5.91 Å². The van der Waals surface area contributed by atoms with Gasteiger partial charge in [0.1, 0.15) is 59.6 Å². The summed E-state index contributed by atoms with van der Waals surface area (Å²) >= 11 is 0. The molecule has 10 aliphatic rings. The summed E-state index contributed by atoms with van der Waals surface area (Å²) in [5.41, 5.74) is 46.2. The van der Waals surface area contributed by atoms with E-state index >= 15 is 0 Å². The molecule has 5 aromatic heterocycles. The van der Waals surface area contributed by atoms with Gasteiger partial charge < -0.3 is 78.5 Å². The highest BCUT2D eigenvalue weighted by molar-refractivity contribution is 5.92. The molecule has 0 spiro atoms. The third kappa shape index (κ3) is 23.4. The predicted molar refractivity (Wildman–Crippen MR) is 475 cm³/mol. The lowest BCUT2D eigenvalue weighted by Gasteiger charge is -2.38. The van der Waals surface area contributed by atoms with E-state index in [1.54, 1.807) is 27.9 Å². The van der Waals surface area contributed by atoms with Crippen LogP contribution >= 0.6 is 0 Å². The van der Waals surface area contributed by atoms with Gasteiger partial charge >= 0.3 is 0 Å². The van der Waals surface area contributed by atoms with E-state index in [2.05, 4.69) is 55.1 Å². The zero-order chi connectivity index (χ0) is 101. The maximum atomic E-state index is 14.1. The van der Waals surface area contributed by atoms with Gasteiger partial charge in [0, 0.05) is 230 Å². The van der Waals surface area contributed by atoms with Crippen molar-refractivity contribution in [1.82, 2.24) is 73.8 Å². The fourth-order valence-electron chi connectivity index (χ4n) is 20.1. The summed E-state index contributed by atoms with van der Waals surface area (Å²) in [5.74, 6) is -16.7. The highest BCUT2D eigenvalue weighted by Gasteiger charge is 2.45. The van der Waals surface area contributed by atoms with Crippen LogP contribution < -0.4 is 34.4 Å². The number of halogens is 15. The Bertz CT molecular complexity index is 5880. The Morgan fingerprint density at radius 3 is 0.936 bits per heavy atom. The summed E-state index contributed by atoms with van der Waals surface area (Å²) in [6, 6.07) is 3.96. The van der Waals surface area contributed by atoms with Gasteiger partial charge in [-0.1, -0.05) is 13.8 Å². The molecule has 17 N–H and O–H groups in total. The number of benzene rings is 5. The standard InChI is InChI=1S/2C20H25F3N4O2.2C19H23F3N4O2.C17H18F3N5O2/c1-2-13(28)8-27-7-11-6-26(9-19(11)25-27)12-3-18(24)20(29-10-12)14-4-16(22)17(23)5-15(14)21;1-2-13(28)8-27-19-9-26(7-11(19)6-25-27)12-3-18(24)20(29-10-12)14-4-16(22)17(23)5-15(14)21;2*1-10(27)5-26-7-11-6-25(8-18(11)24-26)12-2-17(23)19(28-9-12)13-3-15(21)16(22)4-14(13)20;18-10-3-12(20)11(19)2-8(10)16-13(21)1-7(6-27-16)25-4-9-14(5-25)23-24-15(9)17(22)26/h4-5,7,12-13,18,20,28H,2-3,6,8-10,24H2,1H3;4-6,12-13,18,20,28H,2-3,7-10,24H2,1H3;2*3-4,7,10,12,17,19,27H,2,5-6,8-9,23H2,1H3;2-3,7,13,16H,1,4-6,21H2,(H2,22,26)(H,23,24)/t2*12-,13+,18+,20-;2*10-,12-,17+,19-;7-,13+,16-/m11111/s1. The Labute approximate surface area is 800 Å². The lowest BCUT2D eigenvalue weighted by molar-refractivity contribution is -0.0535. The Morgan fingerprint density at radius 1 is 0.376 bits per heavy atom. The Morgan fingerprint density at radius 2 is 0.652 bits per heavy atom. The van der Waals surface area contributed by atoms with Crippen molar-refractivity contribution in [3.63, 3.8) is 0 Å². The van der Waals surface area contributed by atoms with Crippen molar-refractivity contribution >= 4 is 5.91 Å². The van der Waals surface area contributed by atoms with E-state index in [9.17, 15) is 91.1 Å². The fourth-order valence-corrected chi connectivity index (χ4v) is 20.1. The minimum Gasteiger partial charge on any atom is -0.391 e. The van der Waals surface area contributed by atoms with Crippen LogP contribution in [0.2, 0.25) is 0 Å². The molecule has 0 saturated carbocycles. The van der Waals surface area contributed by atoms with Gasteiger partial charge in [-0.05, 0) is 89.1 Å². The molecule has 5 aromatic carbocycles. The number of fused-ring (bicyclic) bond motifs is 5. The molecule has 10 aromatic rings. The maximum absolute atomic E-state index is 14.1. The number of carbonyl (C=O) groups is 1. The second-order valence-electron chi connectivity index (χ2n) is 38.0. The van der Waals surface area contributed by atoms with Crippen molar-refractivity contribution in [1.29, 1.82) is 0 Å². The molecule has 1 amide bonds. The molecule has 20 rings (SSSR count). The average Bonchev–Trinajstić information content (AvgIpc) is 1.66. The quantitative estimate of drug-likeness (QED) is 0.0236. The van der Waals surface area contributed by atoms with Crippen molar-refractivity contribution in [2.24, 2.45) is 34.4 Å². The first kappa shape index (κ1) is 104. The smallest absolute Gasteiger partial charge is 0.269 e. The van der Waals surface area contributed by atoms with Gasteiger partial charge in [0.15, 0.2) is 63.9 Å². The van der Waals surface area contributed by atoms with Gasteiger partial charge in [0.2, 0.25) is 0 Å². The SMILES string of the molecule is CC[C@H](O)Cn1cc2c(n1)CN([C@H]1CO[C@H](c3cc(F)c(F)cc3F)[C@@H](N)C1)C2.CC[C@H](O)Cn1ncc2c1CN([C@H]1CO[C@H](c3cc(F)c(F)cc3F)[C@@H](N)C1)C2.C[C@@H](O)Cn1cc2c(n1)CN([C@H]1CO[C@H](c3cc(F)c(F)cc3F)[C@@H](N)C1)C2.C[C@@H](O)Cn1cc2c(n1)CN([C@H]1CO[C@H](c3cc(F)c(F)cc3F)[C@@H](N)C1)C2.NC(=O)c1n[nH]c2c1CN([C@H]1CO[C@H](c3cc(F)c(F)cc3F)[C@@H](N)C1)C2. The Balaban J connectivity index is 0.000000127. The monoisotopic (exact) mass is 1990 g/mol. The molecule has 19 atom stereocenters. The number of nitrogens with one attached hydrogen (secondary N) is 1. The first-order valence-corrected chi connectivity index (χ1v) is 46.8. The molecule has 15 heterocycles. The molecule has 5 fully saturated rings. The van der Waals surface area contributed by atoms with Crippen LogP contribution in [0.25, 0.3) is 0 Å². The van der Waals surface area contributed by atoms with Crippen molar-refractivity contribution < 1.29 is 115 Å². The number of aliphatic hydroxyl groups excluding tert-OH is 4.